The highest BCUT2D eigenvalue weighted by Crippen LogP contribution is 2.16. The second-order valence-corrected chi connectivity index (χ2v) is 6.43. The second-order valence-electron chi connectivity index (χ2n) is 5.11. The minimum atomic E-state index is -0.270. The van der Waals surface area contributed by atoms with E-state index in [1.54, 1.807) is 24.3 Å². The minimum Gasteiger partial charge on any atom is -0.491 e. The number of thiocarbonyl (C=S) groups is 1. The summed E-state index contributed by atoms with van der Waals surface area (Å²) >= 11 is 8.54. The maximum absolute atomic E-state index is 12.2. The van der Waals surface area contributed by atoms with Crippen LogP contribution in [0.5, 0.6) is 5.75 Å². The van der Waals surface area contributed by atoms with E-state index in [1.165, 1.54) is 0 Å². The van der Waals surface area contributed by atoms with Crippen LogP contribution < -0.4 is 15.4 Å². The molecule has 0 heterocycles. The number of carbonyl (C=O) groups is 1. The van der Waals surface area contributed by atoms with Crippen molar-refractivity contribution in [2.45, 2.75) is 20.0 Å². The molecule has 0 saturated heterocycles. The third-order valence-electron chi connectivity index (χ3n) is 2.80. The summed E-state index contributed by atoms with van der Waals surface area (Å²) in [7, 11) is 0. The summed E-state index contributed by atoms with van der Waals surface area (Å²) in [4.78, 5) is 12.2. The van der Waals surface area contributed by atoms with Crippen molar-refractivity contribution in [3.05, 3.63) is 58.6 Å². The van der Waals surface area contributed by atoms with Gasteiger partial charge < -0.3 is 10.1 Å². The largest absolute Gasteiger partial charge is 0.491 e. The van der Waals surface area contributed by atoms with Gasteiger partial charge in [0, 0.05) is 15.7 Å². The van der Waals surface area contributed by atoms with Gasteiger partial charge >= 0.3 is 0 Å². The highest BCUT2D eigenvalue weighted by atomic mass is 79.9. The molecule has 0 saturated carbocycles. The molecular weight excluding hydrogens is 376 g/mol. The Morgan fingerprint density at radius 1 is 1.17 bits per heavy atom. The molecule has 0 unspecified atom stereocenters. The zero-order chi connectivity index (χ0) is 16.8. The minimum absolute atomic E-state index is 0.0941. The molecule has 2 rings (SSSR count). The average molecular weight is 393 g/mol. The van der Waals surface area contributed by atoms with E-state index in [0.29, 0.717) is 5.56 Å². The van der Waals surface area contributed by atoms with E-state index in [-0.39, 0.29) is 17.1 Å². The van der Waals surface area contributed by atoms with Crippen molar-refractivity contribution in [3.63, 3.8) is 0 Å². The Morgan fingerprint density at radius 3 is 2.48 bits per heavy atom. The monoisotopic (exact) mass is 392 g/mol. The summed E-state index contributed by atoms with van der Waals surface area (Å²) in [6, 6.07) is 14.5. The third kappa shape index (κ3) is 5.65. The SMILES string of the molecule is CC(C)Oc1ccc(C(=O)NC(=S)Nc2cccc(Br)c2)cc1. The molecule has 0 spiro atoms. The molecule has 0 fully saturated rings. The zero-order valence-electron chi connectivity index (χ0n) is 12.8. The van der Waals surface area contributed by atoms with Crippen LogP contribution in [0, 0.1) is 0 Å². The lowest BCUT2D eigenvalue weighted by Crippen LogP contribution is -2.34. The van der Waals surface area contributed by atoms with E-state index in [4.69, 9.17) is 17.0 Å². The Morgan fingerprint density at radius 2 is 1.87 bits per heavy atom. The lowest BCUT2D eigenvalue weighted by Gasteiger charge is -2.11. The van der Waals surface area contributed by atoms with E-state index in [2.05, 4.69) is 26.6 Å². The summed E-state index contributed by atoms with van der Waals surface area (Å²) in [5.41, 5.74) is 1.31. The number of ether oxygens (including phenoxy) is 1. The number of hydrogen-bond acceptors (Lipinski definition) is 3. The standard InChI is InChI=1S/C17H17BrN2O2S/c1-11(2)22-15-8-6-12(7-9-15)16(21)20-17(23)19-14-5-3-4-13(18)10-14/h3-11H,1-2H3,(H2,19,20,21,23). The molecule has 0 aliphatic rings. The van der Waals surface area contributed by atoms with Crippen molar-refractivity contribution in [3.8, 4) is 5.75 Å². The topological polar surface area (TPSA) is 50.4 Å². The molecule has 4 nitrogen and oxygen atoms in total. The van der Waals surface area contributed by atoms with Crippen molar-refractivity contribution in [2.24, 2.45) is 0 Å². The van der Waals surface area contributed by atoms with Crippen LogP contribution >= 0.6 is 28.1 Å². The quantitative estimate of drug-likeness (QED) is 0.758. The van der Waals surface area contributed by atoms with Gasteiger partial charge in [0.2, 0.25) is 0 Å². The van der Waals surface area contributed by atoms with Crippen LogP contribution in [-0.4, -0.2) is 17.1 Å². The molecule has 0 radical (unpaired) electrons. The highest BCUT2D eigenvalue weighted by molar-refractivity contribution is 9.10. The lowest BCUT2D eigenvalue weighted by molar-refractivity contribution is 0.0977. The average Bonchev–Trinajstić information content (AvgIpc) is 2.47. The van der Waals surface area contributed by atoms with E-state index >= 15 is 0 Å². The molecule has 2 aromatic carbocycles. The second kappa shape index (κ2) is 8.08. The first-order valence-electron chi connectivity index (χ1n) is 7.08. The zero-order valence-corrected chi connectivity index (χ0v) is 15.2. The number of rotatable bonds is 4. The Hall–Kier alpha value is -1.92. The van der Waals surface area contributed by atoms with Gasteiger partial charge in [-0.15, -0.1) is 0 Å². The van der Waals surface area contributed by atoms with E-state index < -0.39 is 0 Å². The molecule has 2 N–H and O–H groups in total. The number of hydrogen-bond donors (Lipinski definition) is 2. The molecule has 0 aliphatic heterocycles. The number of benzene rings is 2. The molecule has 23 heavy (non-hydrogen) atoms. The van der Waals surface area contributed by atoms with Gasteiger partial charge in [-0.3, -0.25) is 10.1 Å². The first kappa shape index (κ1) is 17.4. The predicted octanol–water partition coefficient (Wildman–Crippen LogP) is 4.36. The van der Waals surface area contributed by atoms with Crippen molar-refractivity contribution in [1.29, 1.82) is 0 Å². The lowest BCUT2D eigenvalue weighted by atomic mass is 10.2. The van der Waals surface area contributed by atoms with Gasteiger partial charge in [-0.25, -0.2) is 0 Å². The maximum Gasteiger partial charge on any atom is 0.257 e. The summed E-state index contributed by atoms with van der Waals surface area (Å²) in [5.74, 6) is 0.458. The fourth-order valence-corrected chi connectivity index (χ4v) is 2.47. The Balaban J connectivity index is 1.94. The molecule has 6 heteroatoms. The van der Waals surface area contributed by atoms with Crippen LogP contribution in [0.25, 0.3) is 0 Å². The van der Waals surface area contributed by atoms with Gasteiger partial charge in [-0.1, -0.05) is 22.0 Å². The number of anilines is 1. The Labute approximate surface area is 149 Å². The molecule has 2 aromatic rings. The molecule has 120 valence electrons. The summed E-state index contributed by atoms with van der Waals surface area (Å²) in [6.07, 6.45) is 0.0941. The van der Waals surface area contributed by atoms with Crippen molar-refractivity contribution >= 4 is 44.9 Å². The van der Waals surface area contributed by atoms with Crippen LogP contribution in [0.15, 0.2) is 53.0 Å². The molecule has 0 aliphatic carbocycles. The number of amides is 1. The van der Waals surface area contributed by atoms with Crippen LogP contribution in [0.4, 0.5) is 5.69 Å². The van der Waals surface area contributed by atoms with Crippen molar-refractivity contribution in [1.82, 2.24) is 5.32 Å². The molecule has 0 atom stereocenters. The molecule has 0 aromatic heterocycles. The van der Waals surface area contributed by atoms with Gasteiger partial charge in [0.25, 0.3) is 5.91 Å². The van der Waals surface area contributed by atoms with Crippen molar-refractivity contribution < 1.29 is 9.53 Å². The fourth-order valence-electron chi connectivity index (χ4n) is 1.86. The fraction of sp³-hybridized carbons (Fsp3) is 0.176. The summed E-state index contributed by atoms with van der Waals surface area (Å²) in [5, 5.41) is 5.86. The Bertz CT molecular complexity index is 702. The number of carbonyl (C=O) groups excluding carboxylic acids is 1. The van der Waals surface area contributed by atoms with Gasteiger partial charge in [0.1, 0.15) is 5.75 Å². The smallest absolute Gasteiger partial charge is 0.257 e. The maximum atomic E-state index is 12.2. The first-order chi connectivity index (χ1) is 10.9. The number of nitrogens with one attached hydrogen (secondary N) is 2. The highest BCUT2D eigenvalue weighted by Gasteiger charge is 2.08. The normalized spacial score (nSPS) is 10.3. The van der Waals surface area contributed by atoms with Gasteiger partial charge in [-0.05, 0) is 68.5 Å². The van der Waals surface area contributed by atoms with E-state index in [1.807, 2.05) is 38.1 Å². The summed E-state index contributed by atoms with van der Waals surface area (Å²) < 4.78 is 6.47. The van der Waals surface area contributed by atoms with Gasteiger partial charge in [0.05, 0.1) is 6.10 Å². The Kier molecular flexibility index (Phi) is 6.12. The van der Waals surface area contributed by atoms with Crippen molar-refractivity contribution in [2.75, 3.05) is 5.32 Å². The number of halogens is 1. The van der Waals surface area contributed by atoms with E-state index in [9.17, 15) is 4.79 Å². The first-order valence-corrected chi connectivity index (χ1v) is 8.29. The van der Waals surface area contributed by atoms with Crippen LogP contribution in [0.2, 0.25) is 0 Å². The van der Waals surface area contributed by atoms with Gasteiger partial charge in [-0.2, -0.15) is 0 Å². The van der Waals surface area contributed by atoms with Crippen LogP contribution in [-0.2, 0) is 0 Å². The molecule has 1 amide bonds. The summed E-state index contributed by atoms with van der Waals surface area (Å²) in [6.45, 7) is 3.90. The predicted molar refractivity (Wildman–Crippen MR) is 100 cm³/mol. The van der Waals surface area contributed by atoms with Crippen LogP contribution in [0.3, 0.4) is 0 Å². The van der Waals surface area contributed by atoms with Gasteiger partial charge in [0.15, 0.2) is 5.11 Å². The third-order valence-corrected chi connectivity index (χ3v) is 3.50. The van der Waals surface area contributed by atoms with E-state index in [0.717, 1.165) is 15.9 Å². The molecule has 0 bridgehead atoms. The van der Waals surface area contributed by atoms with Crippen LogP contribution in [0.1, 0.15) is 24.2 Å². The molecular formula is C17H17BrN2O2S.